The fourth-order valence-electron chi connectivity index (χ4n) is 2.30. The predicted octanol–water partition coefficient (Wildman–Crippen LogP) is 1.41. The second kappa shape index (κ2) is 6.93. The molecule has 2 heterocycles. The van der Waals surface area contributed by atoms with Crippen LogP contribution in [0.4, 0.5) is 0 Å². The summed E-state index contributed by atoms with van der Waals surface area (Å²) in [6, 6.07) is 4.74. The molecule has 0 bridgehead atoms. The smallest absolute Gasteiger partial charge is 0.354 e. The Morgan fingerprint density at radius 3 is 2.89 bits per heavy atom. The van der Waals surface area contributed by atoms with E-state index in [0.29, 0.717) is 17.8 Å². The van der Waals surface area contributed by atoms with E-state index in [1.54, 1.807) is 6.07 Å². The molecule has 0 radical (unpaired) electrons. The molecule has 0 spiro atoms. The summed E-state index contributed by atoms with van der Waals surface area (Å²) in [5, 5.41) is 3.45. The first-order valence-corrected chi connectivity index (χ1v) is 6.33. The fourth-order valence-corrected chi connectivity index (χ4v) is 2.30. The first kappa shape index (κ1) is 16.0. The van der Waals surface area contributed by atoms with Gasteiger partial charge in [0.15, 0.2) is 0 Å². The number of aromatic nitrogens is 1. The van der Waals surface area contributed by atoms with Gasteiger partial charge >= 0.3 is 5.97 Å². The largest absolute Gasteiger partial charge is 0.464 e. The third-order valence-corrected chi connectivity index (χ3v) is 3.42. The van der Waals surface area contributed by atoms with Crippen LogP contribution in [0.3, 0.4) is 0 Å². The number of carbonyl (C=O) groups is 1. The van der Waals surface area contributed by atoms with E-state index < -0.39 is 0 Å². The number of carbonyl (C=O) groups excluding carboxylic acids is 1. The van der Waals surface area contributed by atoms with Gasteiger partial charge in [-0.3, -0.25) is 4.90 Å². The highest BCUT2D eigenvalue weighted by atomic mass is 35.5. The molecule has 1 aromatic rings. The molecule has 2 N–H and O–H groups in total. The maximum absolute atomic E-state index is 11.4. The second-order valence-electron chi connectivity index (χ2n) is 4.98. The average Bonchev–Trinajstić information content (AvgIpc) is 2.81. The first-order valence-electron chi connectivity index (χ1n) is 6.33. The number of piperazine rings is 1. The van der Waals surface area contributed by atoms with Crippen LogP contribution in [0.2, 0.25) is 0 Å². The highest BCUT2D eigenvalue weighted by molar-refractivity contribution is 5.87. The molecule has 1 saturated heterocycles. The minimum Gasteiger partial charge on any atom is -0.464 e. The summed E-state index contributed by atoms with van der Waals surface area (Å²) in [6.45, 7) is 7.26. The van der Waals surface area contributed by atoms with Crippen LogP contribution in [0, 0.1) is 0 Å². The van der Waals surface area contributed by atoms with E-state index >= 15 is 0 Å². The minimum absolute atomic E-state index is 0. The molecule has 19 heavy (non-hydrogen) atoms. The molecule has 1 aromatic heterocycles. The zero-order valence-corrected chi connectivity index (χ0v) is 12.4. The molecule has 1 fully saturated rings. The van der Waals surface area contributed by atoms with Gasteiger partial charge in [0, 0.05) is 37.4 Å². The maximum Gasteiger partial charge on any atom is 0.354 e. The Kier molecular flexibility index (Phi) is 5.85. The molecule has 1 aliphatic rings. The lowest BCUT2D eigenvalue weighted by Crippen LogP contribution is -2.53. The molecule has 5 nitrogen and oxygen atoms in total. The van der Waals surface area contributed by atoms with Gasteiger partial charge in [0.25, 0.3) is 0 Å². The van der Waals surface area contributed by atoms with Crippen LogP contribution < -0.4 is 5.32 Å². The van der Waals surface area contributed by atoms with Crippen molar-refractivity contribution in [1.29, 1.82) is 0 Å². The number of halogens is 1. The zero-order chi connectivity index (χ0) is 13.1. The molecule has 0 saturated carbocycles. The van der Waals surface area contributed by atoms with Gasteiger partial charge in [0.1, 0.15) is 5.69 Å². The van der Waals surface area contributed by atoms with Gasteiger partial charge in [-0.25, -0.2) is 4.79 Å². The number of H-pyrrole nitrogens is 1. The molecule has 108 valence electrons. The lowest BCUT2D eigenvalue weighted by Gasteiger charge is -2.37. The topological polar surface area (TPSA) is 57.4 Å². The van der Waals surface area contributed by atoms with Gasteiger partial charge < -0.3 is 15.0 Å². The number of ether oxygens (including phenoxy) is 1. The normalized spacial score (nSPS) is 23.7. The molecular formula is C13H22ClN3O2. The summed E-state index contributed by atoms with van der Waals surface area (Å²) in [6.07, 6.45) is 0. The van der Waals surface area contributed by atoms with E-state index in [4.69, 9.17) is 0 Å². The van der Waals surface area contributed by atoms with E-state index in [-0.39, 0.29) is 18.4 Å². The number of rotatable bonds is 3. The highest BCUT2D eigenvalue weighted by Crippen LogP contribution is 2.12. The van der Waals surface area contributed by atoms with E-state index in [1.807, 2.05) is 6.07 Å². The molecule has 1 aliphatic heterocycles. The van der Waals surface area contributed by atoms with Crippen molar-refractivity contribution in [3.63, 3.8) is 0 Å². The highest BCUT2D eigenvalue weighted by Gasteiger charge is 2.22. The number of hydrogen-bond donors (Lipinski definition) is 2. The number of aromatic amines is 1. The standard InChI is InChI=1S/C13H21N3O2.ClH/c1-9-7-16(10(2)6-14-9)8-11-4-5-12(15-11)13(17)18-3;/h4-5,9-10,14-15H,6-8H2,1-3H3;1H. The second-order valence-corrected chi connectivity index (χ2v) is 4.98. The van der Waals surface area contributed by atoms with Crippen LogP contribution in [0.1, 0.15) is 30.0 Å². The van der Waals surface area contributed by atoms with E-state index in [2.05, 4.69) is 33.8 Å². The monoisotopic (exact) mass is 287 g/mol. The summed E-state index contributed by atoms with van der Waals surface area (Å²) < 4.78 is 4.68. The van der Waals surface area contributed by atoms with Gasteiger partial charge in [-0.2, -0.15) is 0 Å². The number of nitrogens with zero attached hydrogens (tertiary/aromatic N) is 1. The Bertz CT molecular complexity index is 422. The average molecular weight is 288 g/mol. The van der Waals surface area contributed by atoms with Crippen molar-refractivity contribution in [2.75, 3.05) is 20.2 Å². The molecule has 2 unspecified atom stereocenters. The molecule has 2 rings (SSSR count). The number of esters is 1. The Labute approximate surface area is 120 Å². The van der Waals surface area contributed by atoms with Crippen LogP contribution in [-0.4, -0.2) is 48.1 Å². The van der Waals surface area contributed by atoms with Crippen LogP contribution in [0.5, 0.6) is 0 Å². The van der Waals surface area contributed by atoms with Crippen LogP contribution in [0.15, 0.2) is 12.1 Å². The van der Waals surface area contributed by atoms with E-state index in [9.17, 15) is 4.79 Å². The van der Waals surface area contributed by atoms with Gasteiger partial charge in [-0.1, -0.05) is 0 Å². The number of hydrogen-bond acceptors (Lipinski definition) is 4. The van der Waals surface area contributed by atoms with Crippen molar-refractivity contribution in [1.82, 2.24) is 15.2 Å². The molecule has 0 aromatic carbocycles. The third-order valence-electron chi connectivity index (χ3n) is 3.42. The Morgan fingerprint density at radius 2 is 2.21 bits per heavy atom. The van der Waals surface area contributed by atoms with Crippen molar-refractivity contribution in [2.45, 2.75) is 32.5 Å². The van der Waals surface area contributed by atoms with Crippen molar-refractivity contribution >= 4 is 18.4 Å². The van der Waals surface area contributed by atoms with Gasteiger partial charge in [-0.15, -0.1) is 12.4 Å². The third kappa shape index (κ3) is 3.96. The summed E-state index contributed by atoms with van der Waals surface area (Å²) >= 11 is 0. The Balaban J connectivity index is 0.00000180. The lowest BCUT2D eigenvalue weighted by atomic mass is 10.1. The quantitative estimate of drug-likeness (QED) is 0.825. The summed E-state index contributed by atoms with van der Waals surface area (Å²) in [5.41, 5.74) is 1.57. The SMILES string of the molecule is COC(=O)c1ccc(CN2CC(C)NCC2C)[nH]1.Cl. The molecule has 2 atom stereocenters. The minimum atomic E-state index is -0.317. The van der Waals surface area contributed by atoms with Crippen LogP contribution in [-0.2, 0) is 11.3 Å². The van der Waals surface area contributed by atoms with Crippen molar-refractivity contribution < 1.29 is 9.53 Å². The Hall–Kier alpha value is -1.04. The summed E-state index contributed by atoms with van der Waals surface area (Å²) in [5.74, 6) is -0.317. The summed E-state index contributed by atoms with van der Waals surface area (Å²) in [7, 11) is 1.39. The van der Waals surface area contributed by atoms with Crippen LogP contribution in [0.25, 0.3) is 0 Å². The van der Waals surface area contributed by atoms with Crippen molar-refractivity contribution in [3.8, 4) is 0 Å². The molecule has 0 amide bonds. The molecule has 6 heteroatoms. The number of nitrogens with one attached hydrogen (secondary N) is 2. The van der Waals surface area contributed by atoms with E-state index in [0.717, 1.165) is 25.3 Å². The molecular weight excluding hydrogens is 266 g/mol. The van der Waals surface area contributed by atoms with Crippen molar-refractivity contribution in [3.05, 3.63) is 23.5 Å². The Morgan fingerprint density at radius 1 is 1.47 bits per heavy atom. The van der Waals surface area contributed by atoms with Gasteiger partial charge in [0.2, 0.25) is 0 Å². The van der Waals surface area contributed by atoms with Crippen molar-refractivity contribution in [2.24, 2.45) is 0 Å². The summed E-state index contributed by atoms with van der Waals surface area (Å²) in [4.78, 5) is 16.9. The predicted molar refractivity (Wildman–Crippen MR) is 76.7 cm³/mol. The van der Waals surface area contributed by atoms with Gasteiger partial charge in [-0.05, 0) is 26.0 Å². The fraction of sp³-hybridized carbons (Fsp3) is 0.615. The van der Waals surface area contributed by atoms with Crippen LogP contribution >= 0.6 is 12.4 Å². The number of methoxy groups -OCH3 is 1. The molecule has 0 aliphatic carbocycles. The maximum atomic E-state index is 11.4. The first-order chi connectivity index (χ1) is 8.60. The lowest BCUT2D eigenvalue weighted by molar-refractivity contribution is 0.0594. The van der Waals surface area contributed by atoms with E-state index in [1.165, 1.54) is 7.11 Å². The zero-order valence-electron chi connectivity index (χ0n) is 11.6. The van der Waals surface area contributed by atoms with Gasteiger partial charge in [0.05, 0.1) is 7.11 Å².